The van der Waals surface area contributed by atoms with E-state index in [0.29, 0.717) is 28.8 Å². The molecule has 0 fully saturated rings. The molecule has 0 aromatic heterocycles. The summed E-state index contributed by atoms with van der Waals surface area (Å²) in [4.78, 5) is 73.4. The lowest BCUT2D eigenvalue weighted by Gasteiger charge is -2.28. The van der Waals surface area contributed by atoms with Gasteiger partial charge in [-0.1, -0.05) is 42.1 Å². The van der Waals surface area contributed by atoms with E-state index in [9.17, 15) is 59.4 Å². The Morgan fingerprint density at radius 2 is 1.31 bits per heavy atom. The first-order chi connectivity index (χ1) is 24.3. The summed E-state index contributed by atoms with van der Waals surface area (Å²) in [6, 6.07) is 7.13. The normalized spacial score (nSPS) is 21.3. The van der Waals surface area contributed by atoms with Gasteiger partial charge in [0.2, 0.25) is 0 Å². The predicted octanol–water partition coefficient (Wildman–Crippen LogP) is 1.63. The van der Waals surface area contributed by atoms with Crippen LogP contribution in [-0.4, -0.2) is 125 Å². The Labute approximate surface area is 316 Å². The molecule has 0 saturated carbocycles. The van der Waals surface area contributed by atoms with Crippen molar-refractivity contribution in [2.75, 3.05) is 36.2 Å². The molecule has 1 aromatic carbocycles. The number of nitrogens with one attached hydrogen (secondary N) is 2. The van der Waals surface area contributed by atoms with E-state index in [1.807, 2.05) is 0 Å². The molecular weight excluding hydrogens is 789 g/mol. The van der Waals surface area contributed by atoms with Crippen LogP contribution >= 0.6 is 70.6 Å². The van der Waals surface area contributed by atoms with E-state index in [-0.39, 0.29) is 53.9 Å². The summed E-state index contributed by atoms with van der Waals surface area (Å²) in [5, 5.41) is 64.6. The summed E-state index contributed by atoms with van der Waals surface area (Å²) in [7, 11) is 0. The highest BCUT2D eigenvalue weighted by Gasteiger charge is 2.36. The van der Waals surface area contributed by atoms with Crippen molar-refractivity contribution in [1.29, 1.82) is 0 Å². The minimum Gasteiger partial charge on any atom is -0.477 e. The Balaban J connectivity index is 1.36. The van der Waals surface area contributed by atoms with E-state index in [1.165, 1.54) is 0 Å². The van der Waals surface area contributed by atoms with Crippen molar-refractivity contribution in [2.24, 2.45) is 0 Å². The highest BCUT2D eigenvalue weighted by Crippen LogP contribution is 2.42. The molecule has 51 heavy (non-hydrogen) atoms. The average Bonchev–Trinajstić information content (AvgIpc) is 3.12. The second kappa shape index (κ2) is 19.4. The summed E-state index contributed by atoms with van der Waals surface area (Å²) in [6.45, 7) is -0.985. The molecular formula is C30H32N2O13S6. The number of aliphatic hydroxyl groups excluding tert-OH is 3. The van der Waals surface area contributed by atoms with Crippen molar-refractivity contribution in [3.05, 3.63) is 65.3 Å². The second-order valence-electron chi connectivity index (χ2n) is 10.6. The molecule has 0 bridgehead atoms. The highest BCUT2D eigenvalue weighted by atomic mass is 32.2. The van der Waals surface area contributed by atoms with E-state index < -0.39 is 71.2 Å². The third-order valence-corrected chi connectivity index (χ3v) is 15.0. The zero-order valence-electron chi connectivity index (χ0n) is 26.2. The van der Waals surface area contributed by atoms with Crippen molar-refractivity contribution in [3.8, 4) is 0 Å². The van der Waals surface area contributed by atoms with Crippen LogP contribution in [0.15, 0.2) is 59.8 Å². The van der Waals surface area contributed by atoms with Crippen LogP contribution in [0.5, 0.6) is 0 Å². The second-order valence-corrected chi connectivity index (χ2v) is 17.4. The molecule has 0 radical (unpaired) electrons. The Hall–Kier alpha value is -2.76. The van der Waals surface area contributed by atoms with Gasteiger partial charge in [-0.3, -0.25) is 9.59 Å². The van der Waals surface area contributed by atoms with Crippen LogP contribution in [-0.2, 0) is 33.5 Å². The molecule has 5 unspecified atom stereocenters. The van der Waals surface area contributed by atoms with Gasteiger partial charge in [0.25, 0.3) is 11.8 Å². The molecule has 21 heteroatoms. The van der Waals surface area contributed by atoms with Crippen molar-refractivity contribution >= 4 is 106 Å². The van der Waals surface area contributed by atoms with E-state index in [0.717, 1.165) is 58.8 Å². The maximum Gasteiger partial charge on any atom is 0.347 e. The summed E-state index contributed by atoms with van der Waals surface area (Å²) in [5.74, 6) is -5.44. The summed E-state index contributed by atoms with van der Waals surface area (Å²) in [6.07, 6.45) is -2.51. The number of amides is 2. The molecule has 1 aromatic rings. The number of carbonyl (C=O) groups excluding carboxylic acids is 3. The molecule has 5 atom stereocenters. The lowest BCUT2D eigenvalue weighted by atomic mass is 10.0. The van der Waals surface area contributed by atoms with Gasteiger partial charge >= 0.3 is 23.9 Å². The number of esters is 1. The molecule has 15 nitrogen and oxygen atoms in total. The van der Waals surface area contributed by atoms with Gasteiger partial charge in [-0.15, -0.1) is 58.8 Å². The van der Waals surface area contributed by atoms with Crippen molar-refractivity contribution in [3.63, 3.8) is 0 Å². The van der Waals surface area contributed by atoms with E-state index in [2.05, 4.69) is 10.6 Å². The standard InChI is InChI=1S/C30H32N2O13S6/c33-10-16(18(35)13-4-2-1-3-5-13)32-26(37)20-22(28(40)41)48-11-15(50-20)8-14(34)9-31-25(36)19-21(27(38)39)49-12-17(51-19)45-30(44)24-23(29(42)43)46-6-7-47-24/h1-5,14-18,33-35H,6-12H2,(H,31,36)(H,32,37)(H,38,39)(H,40,41)(H,42,43). The number of aliphatic hydroxyl groups is 3. The third kappa shape index (κ3) is 11.1. The first-order valence-electron chi connectivity index (χ1n) is 14.9. The predicted molar refractivity (Wildman–Crippen MR) is 197 cm³/mol. The molecule has 0 spiro atoms. The molecule has 276 valence electrons. The first-order valence-corrected chi connectivity index (χ1v) is 20.6. The Morgan fingerprint density at radius 3 is 1.92 bits per heavy atom. The molecule has 8 N–H and O–H groups in total. The number of hydrogen-bond donors (Lipinski definition) is 8. The van der Waals surface area contributed by atoms with E-state index >= 15 is 0 Å². The Kier molecular flexibility index (Phi) is 15.6. The quantitative estimate of drug-likeness (QED) is 0.117. The fourth-order valence-corrected chi connectivity index (χ4v) is 11.7. The van der Waals surface area contributed by atoms with Crippen LogP contribution < -0.4 is 10.6 Å². The number of ether oxygens (including phenoxy) is 1. The van der Waals surface area contributed by atoms with Crippen molar-refractivity contribution in [2.45, 2.75) is 35.4 Å². The summed E-state index contributed by atoms with van der Waals surface area (Å²) < 4.78 is 5.45. The van der Waals surface area contributed by atoms with Crippen LogP contribution in [0.3, 0.4) is 0 Å². The van der Waals surface area contributed by atoms with Gasteiger partial charge in [-0.25, -0.2) is 19.2 Å². The largest absolute Gasteiger partial charge is 0.477 e. The topological polar surface area (TPSA) is 257 Å². The van der Waals surface area contributed by atoms with E-state index in [4.69, 9.17) is 4.74 Å². The minimum absolute atomic E-state index is 0.0125. The maximum absolute atomic E-state index is 13.2. The van der Waals surface area contributed by atoms with Crippen molar-refractivity contribution < 1.29 is 64.1 Å². The Morgan fingerprint density at radius 1 is 0.745 bits per heavy atom. The number of rotatable bonds is 15. The fraction of sp³-hybridized carbons (Fsp3) is 0.400. The summed E-state index contributed by atoms with van der Waals surface area (Å²) in [5.41, 5.74) is -0.586. The fourth-order valence-electron chi connectivity index (χ4n) is 4.66. The third-order valence-electron chi connectivity index (χ3n) is 6.99. The number of carboxylic acid groups (broad SMARTS) is 3. The Bertz CT molecular complexity index is 1640. The number of aliphatic carboxylic acids is 3. The number of hydrogen-bond acceptors (Lipinski definition) is 16. The molecule has 4 rings (SSSR count). The van der Waals surface area contributed by atoms with Gasteiger partial charge < -0.3 is 46.0 Å². The molecule has 2 amide bonds. The molecule has 0 saturated heterocycles. The SMILES string of the molecule is O=C(O)C1=C(C(=O)NC(CO)C(O)c2ccccc2)SC(CC(O)CNC(=O)C2=C(C(=O)O)SCC(OC(=O)C3=C(C(=O)O)SCCS3)S2)CS1. The molecule has 3 heterocycles. The number of carboxylic acids is 3. The zero-order chi connectivity index (χ0) is 37.2. The van der Waals surface area contributed by atoms with Gasteiger partial charge in [0.05, 0.1) is 28.6 Å². The van der Waals surface area contributed by atoms with Crippen molar-refractivity contribution in [1.82, 2.24) is 10.6 Å². The number of carbonyl (C=O) groups is 6. The number of thioether (sulfide) groups is 6. The molecule has 0 aliphatic carbocycles. The zero-order valence-corrected chi connectivity index (χ0v) is 31.1. The van der Waals surface area contributed by atoms with Gasteiger partial charge in [0, 0.05) is 34.8 Å². The monoisotopic (exact) mass is 820 g/mol. The minimum atomic E-state index is -1.39. The first kappa shape index (κ1) is 41.0. The van der Waals surface area contributed by atoms with E-state index in [1.54, 1.807) is 30.3 Å². The lowest BCUT2D eigenvalue weighted by molar-refractivity contribution is -0.140. The molecule has 3 aliphatic rings. The van der Waals surface area contributed by atoms with Crippen LogP contribution in [0, 0.1) is 0 Å². The maximum atomic E-state index is 13.2. The highest BCUT2D eigenvalue weighted by molar-refractivity contribution is 8.12. The van der Waals surface area contributed by atoms with Crippen LogP contribution in [0.25, 0.3) is 0 Å². The lowest BCUT2D eigenvalue weighted by Crippen LogP contribution is -2.43. The van der Waals surface area contributed by atoms with Gasteiger partial charge in [0.15, 0.2) is 5.44 Å². The van der Waals surface area contributed by atoms with Gasteiger partial charge in [0.1, 0.15) is 25.7 Å². The smallest absolute Gasteiger partial charge is 0.347 e. The summed E-state index contributed by atoms with van der Waals surface area (Å²) >= 11 is 5.28. The van der Waals surface area contributed by atoms with Crippen LogP contribution in [0.4, 0.5) is 0 Å². The van der Waals surface area contributed by atoms with Gasteiger partial charge in [-0.2, -0.15) is 0 Å². The van der Waals surface area contributed by atoms with Crippen LogP contribution in [0.1, 0.15) is 18.1 Å². The number of benzene rings is 1. The molecule has 3 aliphatic heterocycles. The van der Waals surface area contributed by atoms with Crippen LogP contribution in [0.2, 0.25) is 0 Å². The van der Waals surface area contributed by atoms with Gasteiger partial charge in [-0.05, 0) is 12.0 Å². The average molecular weight is 821 g/mol.